The molecule has 1 fully saturated rings. The Morgan fingerprint density at radius 1 is 1.35 bits per heavy atom. The summed E-state index contributed by atoms with van der Waals surface area (Å²) in [6, 6.07) is 5.08. The summed E-state index contributed by atoms with van der Waals surface area (Å²) in [6.07, 6.45) is 0. The molecule has 0 aromatic heterocycles. The molecule has 0 aliphatic carbocycles. The number of anilines is 2. The Labute approximate surface area is 118 Å². The first-order chi connectivity index (χ1) is 9.43. The number of nitrogens with zero attached hydrogens (tertiary/aromatic N) is 1. The van der Waals surface area contributed by atoms with E-state index in [0.29, 0.717) is 30.9 Å². The highest BCUT2D eigenvalue weighted by molar-refractivity contribution is 7.91. The molecule has 0 bridgehead atoms. The van der Waals surface area contributed by atoms with Crippen molar-refractivity contribution >= 4 is 27.1 Å². The van der Waals surface area contributed by atoms with Crippen LogP contribution in [0.3, 0.4) is 0 Å². The van der Waals surface area contributed by atoms with E-state index in [-0.39, 0.29) is 17.4 Å². The lowest BCUT2D eigenvalue weighted by atomic mass is 10.1. The van der Waals surface area contributed by atoms with Crippen LogP contribution in [-0.4, -0.2) is 45.5 Å². The van der Waals surface area contributed by atoms with E-state index in [4.69, 9.17) is 5.73 Å². The van der Waals surface area contributed by atoms with Crippen molar-refractivity contribution < 1.29 is 13.2 Å². The third-order valence-corrected chi connectivity index (χ3v) is 4.92. The van der Waals surface area contributed by atoms with Crippen LogP contribution in [0, 0.1) is 0 Å². The van der Waals surface area contributed by atoms with Crippen molar-refractivity contribution in [2.45, 2.75) is 6.92 Å². The molecule has 0 radical (unpaired) electrons. The molecule has 1 aromatic carbocycles. The van der Waals surface area contributed by atoms with Gasteiger partial charge < -0.3 is 16.0 Å². The summed E-state index contributed by atoms with van der Waals surface area (Å²) in [5, 5.41) is 2.73. The Kier molecular flexibility index (Phi) is 4.17. The molecule has 0 unspecified atom stereocenters. The van der Waals surface area contributed by atoms with Crippen LogP contribution >= 0.6 is 0 Å². The van der Waals surface area contributed by atoms with Gasteiger partial charge in [0.25, 0.3) is 5.91 Å². The molecule has 1 amide bonds. The third kappa shape index (κ3) is 3.22. The quantitative estimate of drug-likeness (QED) is 0.780. The molecule has 20 heavy (non-hydrogen) atoms. The van der Waals surface area contributed by atoms with E-state index in [1.165, 1.54) is 0 Å². The highest BCUT2D eigenvalue weighted by Gasteiger charge is 2.23. The molecule has 110 valence electrons. The lowest BCUT2D eigenvalue weighted by molar-refractivity contribution is 0.0956. The molecule has 7 heteroatoms. The minimum Gasteiger partial charge on any atom is -0.397 e. The highest BCUT2D eigenvalue weighted by atomic mass is 32.2. The molecule has 2 rings (SSSR count). The monoisotopic (exact) mass is 297 g/mol. The normalized spacial score (nSPS) is 17.8. The maximum absolute atomic E-state index is 11.8. The number of nitrogens with two attached hydrogens (primary N) is 1. The number of hydrogen-bond acceptors (Lipinski definition) is 5. The lowest BCUT2D eigenvalue weighted by Crippen LogP contribution is -2.40. The molecule has 1 heterocycles. The maximum Gasteiger partial charge on any atom is 0.251 e. The molecule has 1 aliphatic rings. The molecule has 0 saturated carbocycles. The summed E-state index contributed by atoms with van der Waals surface area (Å²) in [6.45, 7) is 3.23. The zero-order valence-electron chi connectivity index (χ0n) is 11.4. The number of nitrogen functional groups attached to an aromatic ring is 1. The van der Waals surface area contributed by atoms with Crippen LogP contribution in [0.1, 0.15) is 17.3 Å². The Morgan fingerprint density at radius 3 is 2.60 bits per heavy atom. The molecule has 1 aliphatic heterocycles. The van der Waals surface area contributed by atoms with E-state index in [2.05, 4.69) is 5.32 Å². The van der Waals surface area contributed by atoms with Gasteiger partial charge in [0, 0.05) is 25.2 Å². The number of benzene rings is 1. The molecule has 1 aromatic rings. The van der Waals surface area contributed by atoms with Gasteiger partial charge in [-0.25, -0.2) is 8.42 Å². The van der Waals surface area contributed by atoms with E-state index in [0.717, 1.165) is 5.69 Å². The van der Waals surface area contributed by atoms with Crippen LogP contribution < -0.4 is 16.0 Å². The number of carbonyl (C=O) groups is 1. The van der Waals surface area contributed by atoms with E-state index in [1.54, 1.807) is 18.2 Å². The van der Waals surface area contributed by atoms with Crippen LogP contribution in [-0.2, 0) is 9.84 Å². The summed E-state index contributed by atoms with van der Waals surface area (Å²) >= 11 is 0. The Bertz CT molecular complexity index is 599. The first-order valence-electron chi connectivity index (χ1n) is 6.56. The number of nitrogens with one attached hydrogen (secondary N) is 1. The lowest BCUT2D eigenvalue weighted by Gasteiger charge is -2.30. The molecule has 6 nitrogen and oxygen atoms in total. The molecule has 0 spiro atoms. The van der Waals surface area contributed by atoms with Gasteiger partial charge in [-0.3, -0.25) is 4.79 Å². The van der Waals surface area contributed by atoms with Crippen molar-refractivity contribution in [2.24, 2.45) is 0 Å². The zero-order valence-corrected chi connectivity index (χ0v) is 12.2. The third-order valence-electron chi connectivity index (χ3n) is 3.32. The second-order valence-electron chi connectivity index (χ2n) is 4.77. The number of sulfone groups is 1. The summed E-state index contributed by atoms with van der Waals surface area (Å²) in [7, 11) is -2.93. The molecular formula is C13H19N3O3S. The van der Waals surface area contributed by atoms with Crippen LogP contribution in [0.2, 0.25) is 0 Å². The minimum atomic E-state index is -2.93. The van der Waals surface area contributed by atoms with E-state index < -0.39 is 9.84 Å². The van der Waals surface area contributed by atoms with Crippen molar-refractivity contribution in [1.29, 1.82) is 0 Å². The highest BCUT2D eigenvalue weighted by Crippen LogP contribution is 2.26. The van der Waals surface area contributed by atoms with Crippen molar-refractivity contribution in [1.82, 2.24) is 5.32 Å². The SMILES string of the molecule is CCNC(=O)c1ccc(N)c(N2CCS(=O)(=O)CC2)c1. The molecular weight excluding hydrogens is 278 g/mol. The predicted octanol–water partition coefficient (Wildman–Crippen LogP) is 0.253. The largest absolute Gasteiger partial charge is 0.397 e. The van der Waals surface area contributed by atoms with Crippen molar-refractivity contribution in [3.05, 3.63) is 23.8 Å². The van der Waals surface area contributed by atoms with Crippen molar-refractivity contribution in [2.75, 3.05) is 41.8 Å². The van der Waals surface area contributed by atoms with E-state index in [9.17, 15) is 13.2 Å². The van der Waals surface area contributed by atoms with Gasteiger partial charge in [-0.2, -0.15) is 0 Å². The smallest absolute Gasteiger partial charge is 0.251 e. The molecule has 0 atom stereocenters. The second-order valence-corrected chi connectivity index (χ2v) is 7.08. The summed E-state index contributed by atoms with van der Waals surface area (Å²) in [5.74, 6) is 0.0914. The van der Waals surface area contributed by atoms with E-state index >= 15 is 0 Å². The standard InChI is InChI=1S/C13H19N3O3S/c1-2-15-13(17)10-3-4-11(14)12(9-10)16-5-7-20(18,19)8-6-16/h3-4,9H,2,5-8,14H2,1H3,(H,15,17). The summed E-state index contributed by atoms with van der Waals surface area (Å²) in [4.78, 5) is 13.7. The first kappa shape index (κ1) is 14.6. The van der Waals surface area contributed by atoms with Crippen LogP contribution in [0.25, 0.3) is 0 Å². The summed E-state index contributed by atoms with van der Waals surface area (Å²) in [5.41, 5.74) is 7.75. The second kappa shape index (κ2) is 5.70. The van der Waals surface area contributed by atoms with Crippen LogP contribution in [0.15, 0.2) is 18.2 Å². The first-order valence-corrected chi connectivity index (χ1v) is 8.38. The fourth-order valence-corrected chi connectivity index (χ4v) is 3.38. The maximum atomic E-state index is 11.8. The molecule has 3 N–H and O–H groups in total. The fraction of sp³-hybridized carbons (Fsp3) is 0.462. The van der Waals surface area contributed by atoms with Gasteiger partial charge in [0.15, 0.2) is 9.84 Å². The van der Waals surface area contributed by atoms with Crippen LogP contribution in [0.4, 0.5) is 11.4 Å². The minimum absolute atomic E-state index is 0.123. The predicted molar refractivity (Wildman–Crippen MR) is 79.7 cm³/mol. The Balaban J connectivity index is 2.23. The summed E-state index contributed by atoms with van der Waals surface area (Å²) < 4.78 is 22.9. The van der Waals surface area contributed by atoms with Gasteiger partial charge in [-0.05, 0) is 25.1 Å². The Morgan fingerprint density at radius 2 is 2.00 bits per heavy atom. The van der Waals surface area contributed by atoms with Gasteiger partial charge in [-0.15, -0.1) is 0 Å². The fourth-order valence-electron chi connectivity index (χ4n) is 2.17. The zero-order chi connectivity index (χ0) is 14.8. The van der Waals surface area contributed by atoms with Gasteiger partial charge >= 0.3 is 0 Å². The van der Waals surface area contributed by atoms with E-state index in [1.807, 2.05) is 11.8 Å². The van der Waals surface area contributed by atoms with Gasteiger partial charge in [0.1, 0.15) is 0 Å². The number of rotatable bonds is 3. The van der Waals surface area contributed by atoms with Gasteiger partial charge in [-0.1, -0.05) is 0 Å². The molecule has 1 saturated heterocycles. The number of carbonyl (C=O) groups excluding carboxylic acids is 1. The average molecular weight is 297 g/mol. The average Bonchev–Trinajstić information content (AvgIpc) is 2.40. The van der Waals surface area contributed by atoms with Gasteiger partial charge in [0.05, 0.1) is 22.9 Å². The van der Waals surface area contributed by atoms with Crippen LogP contribution in [0.5, 0.6) is 0 Å². The number of amides is 1. The Hall–Kier alpha value is -1.76. The van der Waals surface area contributed by atoms with Crippen molar-refractivity contribution in [3.8, 4) is 0 Å². The van der Waals surface area contributed by atoms with Crippen molar-refractivity contribution in [3.63, 3.8) is 0 Å². The number of hydrogen-bond donors (Lipinski definition) is 2. The topological polar surface area (TPSA) is 92.5 Å². The van der Waals surface area contributed by atoms with Gasteiger partial charge in [0.2, 0.25) is 0 Å².